The first-order valence-electron chi connectivity index (χ1n) is 7.91. The number of nitrogens with one attached hydrogen (secondary N) is 2. The van der Waals surface area contributed by atoms with Crippen molar-refractivity contribution in [3.05, 3.63) is 41.1 Å². The van der Waals surface area contributed by atoms with E-state index in [1.54, 1.807) is 24.5 Å². The number of rotatable bonds is 3. The lowest BCUT2D eigenvalue weighted by molar-refractivity contribution is -0.117. The van der Waals surface area contributed by atoms with Crippen LogP contribution in [0.4, 0.5) is 11.5 Å². The van der Waals surface area contributed by atoms with Gasteiger partial charge in [0.05, 0.1) is 29.9 Å². The van der Waals surface area contributed by atoms with Crippen LogP contribution in [0.25, 0.3) is 0 Å². The van der Waals surface area contributed by atoms with E-state index in [1.165, 1.54) is 0 Å². The molecule has 0 aliphatic carbocycles. The molecule has 0 radical (unpaired) electrons. The van der Waals surface area contributed by atoms with E-state index in [2.05, 4.69) is 33.7 Å². The van der Waals surface area contributed by atoms with Crippen LogP contribution < -0.4 is 10.6 Å². The largest absolute Gasteiger partial charge is 0.330 e. The topological polar surface area (TPSA) is 95.1 Å². The van der Waals surface area contributed by atoms with Gasteiger partial charge >= 0.3 is 0 Å². The first-order chi connectivity index (χ1) is 11.7. The van der Waals surface area contributed by atoms with E-state index in [4.69, 9.17) is 5.26 Å². The van der Waals surface area contributed by atoms with Crippen molar-refractivity contribution in [2.45, 2.75) is 31.8 Å². The highest BCUT2D eigenvalue weighted by Gasteiger charge is 2.40. The molecule has 2 aliphatic heterocycles. The number of carbonyl (C=O) groups excluding carboxylic acids is 1. The highest BCUT2D eigenvalue weighted by Crippen LogP contribution is 2.45. The molecule has 2 N–H and O–H groups in total. The average molecular weight is 320 g/mol. The zero-order chi connectivity index (χ0) is 16.7. The van der Waals surface area contributed by atoms with Crippen LogP contribution >= 0.6 is 0 Å². The fourth-order valence-corrected chi connectivity index (χ4v) is 3.30. The maximum Gasteiger partial charge on any atom is 0.234 e. The molecule has 0 bridgehead atoms. The van der Waals surface area contributed by atoms with Gasteiger partial charge in [0.1, 0.15) is 0 Å². The summed E-state index contributed by atoms with van der Waals surface area (Å²) in [5, 5.41) is 19.6. The number of nitrogens with zero attached hydrogens (tertiary/aromatic N) is 4. The smallest absolute Gasteiger partial charge is 0.234 e. The first-order valence-corrected chi connectivity index (χ1v) is 7.91. The van der Waals surface area contributed by atoms with Gasteiger partial charge in [-0.05, 0) is 30.2 Å². The first kappa shape index (κ1) is 14.5. The lowest BCUT2D eigenvalue weighted by atomic mass is 9.88. The summed E-state index contributed by atoms with van der Waals surface area (Å²) in [5.41, 5.74) is 3.01. The number of aryl methyl sites for hydroxylation is 1. The van der Waals surface area contributed by atoms with Crippen LogP contribution in [0.15, 0.2) is 29.4 Å². The average Bonchev–Trinajstić information content (AvgIpc) is 3.13. The highest BCUT2D eigenvalue weighted by molar-refractivity contribution is 6.04. The second kappa shape index (κ2) is 5.49. The van der Waals surface area contributed by atoms with E-state index < -0.39 is 5.92 Å². The third-order valence-corrected chi connectivity index (χ3v) is 4.37. The lowest BCUT2D eigenvalue weighted by Gasteiger charge is -2.21. The number of amides is 1. The van der Waals surface area contributed by atoms with E-state index in [0.29, 0.717) is 5.56 Å². The molecule has 0 spiro atoms. The van der Waals surface area contributed by atoms with Crippen molar-refractivity contribution in [2.75, 3.05) is 10.6 Å². The SMILES string of the molecule is CCCn1cc2c(n1)NC=NC2C1C(=O)Nc2ccc(C#N)cc21. The maximum atomic E-state index is 12.6. The van der Waals surface area contributed by atoms with Crippen molar-refractivity contribution in [3.8, 4) is 6.07 Å². The molecule has 1 aromatic carbocycles. The number of carbonyl (C=O) groups is 1. The minimum absolute atomic E-state index is 0.0988. The molecule has 7 nitrogen and oxygen atoms in total. The molecule has 2 aromatic rings. The molecule has 0 saturated carbocycles. The van der Waals surface area contributed by atoms with Gasteiger partial charge in [0.25, 0.3) is 0 Å². The molecule has 1 amide bonds. The van der Waals surface area contributed by atoms with Gasteiger partial charge < -0.3 is 10.6 Å². The van der Waals surface area contributed by atoms with Crippen LogP contribution in [0.2, 0.25) is 0 Å². The van der Waals surface area contributed by atoms with Crippen molar-refractivity contribution < 1.29 is 4.79 Å². The van der Waals surface area contributed by atoms with Crippen molar-refractivity contribution in [1.29, 1.82) is 5.26 Å². The molecule has 0 fully saturated rings. The third kappa shape index (κ3) is 2.15. The fraction of sp³-hybridized carbons (Fsp3) is 0.294. The summed E-state index contributed by atoms with van der Waals surface area (Å²) in [7, 11) is 0. The van der Waals surface area contributed by atoms with Crippen molar-refractivity contribution in [3.63, 3.8) is 0 Å². The van der Waals surface area contributed by atoms with Crippen LogP contribution in [-0.4, -0.2) is 22.0 Å². The van der Waals surface area contributed by atoms with E-state index in [-0.39, 0.29) is 11.9 Å². The Morgan fingerprint density at radius 1 is 1.38 bits per heavy atom. The number of aromatic nitrogens is 2. The molecular weight excluding hydrogens is 304 g/mol. The molecule has 24 heavy (non-hydrogen) atoms. The predicted octanol–water partition coefficient (Wildman–Crippen LogP) is 2.40. The van der Waals surface area contributed by atoms with Crippen molar-refractivity contribution >= 4 is 23.8 Å². The van der Waals surface area contributed by atoms with Crippen LogP contribution in [-0.2, 0) is 11.3 Å². The Labute approximate surface area is 139 Å². The second-order valence-corrected chi connectivity index (χ2v) is 5.94. The Bertz CT molecular complexity index is 891. The van der Waals surface area contributed by atoms with E-state index in [9.17, 15) is 4.79 Å². The molecule has 0 saturated heterocycles. The molecule has 2 unspecified atom stereocenters. The van der Waals surface area contributed by atoms with E-state index >= 15 is 0 Å². The van der Waals surface area contributed by atoms with Gasteiger partial charge in [0.2, 0.25) is 5.91 Å². The summed E-state index contributed by atoms with van der Waals surface area (Å²) < 4.78 is 1.87. The fourth-order valence-electron chi connectivity index (χ4n) is 3.30. The van der Waals surface area contributed by atoms with Gasteiger partial charge in [0.15, 0.2) is 5.82 Å². The standard InChI is InChI=1S/C17H16N6O/c1-2-5-23-8-12-15(19-9-20-16(12)22-23)14-11-6-10(7-18)3-4-13(11)21-17(14)24/h3-4,6,8-9,14-15H,2,5H2,1H3,(H,21,24)(H,19,20,22). The number of hydrogen-bond donors (Lipinski definition) is 2. The molecule has 7 heteroatoms. The Balaban J connectivity index is 1.78. The second-order valence-electron chi connectivity index (χ2n) is 5.94. The molecule has 2 atom stereocenters. The summed E-state index contributed by atoms with van der Waals surface area (Å²) in [6, 6.07) is 7.03. The summed E-state index contributed by atoms with van der Waals surface area (Å²) >= 11 is 0. The number of nitriles is 1. The van der Waals surface area contributed by atoms with Gasteiger partial charge in [-0.3, -0.25) is 14.5 Å². The van der Waals surface area contributed by atoms with Crippen molar-refractivity contribution in [1.82, 2.24) is 9.78 Å². The minimum Gasteiger partial charge on any atom is -0.330 e. The van der Waals surface area contributed by atoms with Crippen molar-refractivity contribution in [2.24, 2.45) is 4.99 Å². The number of aliphatic imine (C=N–C) groups is 1. The molecule has 4 rings (SSSR count). The van der Waals surface area contributed by atoms with Crippen LogP contribution in [0.3, 0.4) is 0 Å². The molecule has 1 aromatic heterocycles. The Morgan fingerprint density at radius 2 is 2.25 bits per heavy atom. The summed E-state index contributed by atoms with van der Waals surface area (Å²) in [6.45, 7) is 2.90. The number of benzene rings is 1. The highest BCUT2D eigenvalue weighted by atomic mass is 16.2. The molecular formula is C17H16N6O. The molecule has 120 valence electrons. The van der Waals surface area contributed by atoms with Crippen LogP contribution in [0, 0.1) is 11.3 Å². The number of anilines is 2. The Kier molecular flexibility index (Phi) is 3.31. The van der Waals surface area contributed by atoms with Gasteiger partial charge in [-0.1, -0.05) is 6.92 Å². The van der Waals surface area contributed by atoms with Crippen LogP contribution in [0.1, 0.15) is 42.0 Å². The zero-order valence-corrected chi connectivity index (χ0v) is 13.2. The summed E-state index contributed by atoms with van der Waals surface area (Å²) in [4.78, 5) is 17.1. The summed E-state index contributed by atoms with van der Waals surface area (Å²) in [6.07, 6.45) is 4.52. The lowest BCUT2D eigenvalue weighted by Crippen LogP contribution is -2.21. The Morgan fingerprint density at radius 3 is 3.04 bits per heavy atom. The van der Waals surface area contributed by atoms with E-state index in [0.717, 1.165) is 35.6 Å². The minimum atomic E-state index is -0.454. The maximum absolute atomic E-state index is 12.6. The number of hydrogen-bond acceptors (Lipinski definition) is 5. The molecule has 2 aliphatic rings. The monoisotopic (exact) mass is 320 g/mol. The summed E-state index contributed by atoms with van der Waals surface area (Å²) in [5.74, 6) is 0.184. The van der Waals surface area contributed by atoms with E-state index in [1.807, 2.05) is 10.9 Å². The van der Waals surface area contributed by atoms with Gasteiger partial charge in [-0.2, -0.15) is 10.4 Å². The van der Waals surface area contributed by atoms with Gasteiger partial charge in [-0.15, -0.1) is 0 Å². The Hall–Kier alpha value is -3.14. The zero-order valence-electron chi connectivity index (χ0n) is 13.2. The third-order valence-electron chi connectivity index (χ3n) is 4.37. The van der Waals surface area contributed by atoms with Gasteiger partial charge in [-0.25, -0.2) is 0 Å². The predicted molar refractivity (Wildman–Crippen MR) is 89.9 cm³/mol. The van der Waals surface area contributed by atoms with Crippen LogP contribution in [0.5, 0.6) is 0 Å². The van der Waals surface area contributed by atoms with Gasteiger partial charge in [0, 0.05) is 24.0 Å². The molecule has 3 heterocycles. The number of fused-ring (bicyclic) bond motifs is 2. The normalized spacial score (nSPS) is 20.8. The quantitative estimate of drug-likeness (QED) is 0.907.